The third-order valence-electron chi connectivity index (χ3n) is 17.3. The van der Waals surface area contributed by atoms with E-state index in [0.29, 0.717) is 19.3 Å². The first-order valence-corrected chi connectivity index (χ1v) is 36.0. The van der Waals surface area contributed by atoms with Gasteiger partial charge in [0, 0.05) is 0 Å². The van der Waals surface area contributed by atoms with Crippen molar-refractivity contribution < 1.29 is 50.0 Å². The van der Waals surface area contributed by atoms with Gasteiger partial charge in [-0.25, -0.2) is 0 Å². The van der Waals surface area contributed by atoms with Crippen molar-refractivity contribution in [1.29, 1.82) is 0 Å². The highest BCUT2D eigenvalue weighted by molar-refractivity contribution is 5.80. The van der Waals surface area contributed by atoms with Crippen molar-refractivity contribution in [3.8, 4) is 0 Å². The number of carbonyl (C=O) groups is 1. The number of amides is 1. The maximum atomic E-state index is 13.2. The molecule has 1 rings (SSSR count). The number of unbranched alkanes of at least 4 members (excludes halogenated alkanes) is 43. The van der Waals surface area contributed by atoms with E-state index in [0.717, 1.165) is 44.9 Å². The normalized spacial score (nSPS) is 19.2. The molecule has 8 N–H and O–H groups in total. The summed E-state index contributed by atoms with van der Waals surface area (Å²) in [4.78, 5) is 13.2. The Labute approximate surface area is 517 Å². The zero-order valence-corrected chi connectivity index (χ0v) is 54.6. The second-order valence-corrected chi connectivity index (χ2v) is 25.3. The predicted molar refractivity (Wildman–Crippen MR) is 353 cm³/mol. The van der Waals surface area contributed by atoms with Crippen LogP contribution in [-0.2, 0) is 14.3 Å². The molecule has 1 heterocycles. The molecule has 11 heteroatoms. The summed E-state index contributed by atoms with van der Waals surface area (Å²) in [6.45, 7) is 3.46. The van der Waals surface area contributed by atoms with E-state index in [9.17, 15) is 40.5 Å². The fraction of sp³-hybridized carbons (Fsp3) is 0.877. The van der Waals surface area contributed by atoms with Crippen molar-refractivity contribution in [3.05, 3.63) is 48.6 Å². The lowest BCUT2D eigenvalue weighted by molar-refractivity contribution is -0.303. The van der Waals surface area contributed by atoms with Gasteiger partial charge in [0.25, 0.3) is 0 Å². The first-order valence-electron chi connectivity index (χ1n) is 36.0. The van der Waals surface area contributed by atoms with E-state index in [1.807, 2.05) is 0 Å². The number of aliphatic hydroxyl groups is 7. The molecule has 0 saturated carbocycles. The standard InChI is InChI=1S/C73H137NO10/c1-3-5-7-9-11-13-15-17-19-21-23-24-25-26-27-28-29-30-31-32-33-34-35-36-37-38-39-40-41-43-45-47-49-51-53-55-57-59-61-66(77)72(82)74-64(63-83-73-71(81)70(80)69(79)67(62-75)84-73)68(78)65(76)60-58-56-54-52-50-48-46-44-42-22-20-18-16-14-12-10-8-6-4-2/h18,20,32-33,44,46,52,54,64-71,73,75-81H,3-17,19,21-31,34-43,45,47-51,53,55-63H2,1-2H3,(H,74,82)/b20-18+,33-32-,46-44+,54-52+. The largest absolute Gasteiger partial charge is 0.394 e. The van der Waals surface area contributed by atoms with Gasteiger partial charge in [-0.2, -0.15) is 0 Å². The molecule has 9 unspecified atom stereocenters. The zero-order valence-electron chi connectivity index (χ0n) is 54.6. The Bertz CT molecular complexity index is 1510. The number of hydrogen-bond donors (Lipinski definition) is 8. The molecule has 84 heavy (non-hydrogen) atoms. The molecule has 0 aromatic heterocycles. The highest BCUT2D eigenvalue weighted by Gasteiger charge is 2.44. The zero-order chi connectivity index (χ0) is 61.0. The molecule has 494 valence electrons. The molecule has 1 aliphatic heterocycles. The Morgan fingerprint density at radius 1 is 0.405 bits per heavy atom. The van der Waals surface area contributed by atoms with Gasteiger partial charge in [0.2, 0.25) is 5.91 Å². The van der Waals surface area contributed by atoms with Crippen molar-refractivity contribution in [1.82, 2.24) is 5.32 Å². The van der Waals surface area contributed by atoms with Crippen LogP contribution >= 0.6 is 0 Å². The highest BCUT2D eigenvalue weighted by atomic mass is 16.7. The minimum atomic E-state index is -1.67. The summed E-state index contributed by atoms with van der Waals surface area (Å²) in [6.07, 6.45) is 69.3. The van der Waals surface area contributed by atoms with E-state index in [-0.39, 0.29) is 12.8 Å². The van der Waals surface area contributed by atoms with Crippen LogP contribution in [-0.4, -0.2) is 110 Å². The first kappa shape index (κ1) is 80.1. The predicted octanol–water partition coefficient (Wildman–Crippen LogP) is 17.5. The minimum absolute atomic E-state index is 0.241. The van der Waals surface area contributed by atoms with Crippen LogP contribution in [0.2, 0.25) is 0 Å². The topological polar surface area (TPSA) is 189 Å². The average molecular weight is 1190 g/mol. The Hall–Kier alpha value is -1.93. The fourth-order valence-corrected chi connectivity index (χ4v) is 11.5. The van der Waals surface area contributed by atoms with E-state index < -0.39 is 74.2 Å². The molecule has 0 bridgehead atoms. The number of ether oxygens (including phenoxy) is 2. The lowest BCUT2D eigenvalue weighted by Crippen LogP contribution is -2.60. The molecule has 0 radical (unpaired) electrons. The molecule has 1 amide bonds. The number of aliphatic hydroxyl groups excluding tert-OH is 7. The third-order valence-corrected chi connectivity index (χ3v) is 17.3. The van der Waals surface area contributed by atoms with Crippen LogP contribution in [0.4, 0.5) is 0 Å². The molecule has 1 aliphatic rings. The molecule has 9 atom stereocenters. The first-order chi connectivity index (χ1) is 41.2. The van der Waals surface area contributed by atoms with E-state index >= 15 is 0 Å². The Morgan fingerprint density at radius 2 is 0.714 bits per heavy atom. The van der Waals surface area contributed by atoms with Gasteiger partial charge < -0.3 is 50.5 Å². The molecule has 11 nitrogen and oxygen atoms in total. The van der Waals surface area contributed by atoms with Crippen LogP contribution < -0.4 is 5.32 Å². The Kier molecular flexibility index (Phi) is 58.5. The van der Waals surface area contributed by atoms with Gasteiger partial charge in [0.1, 0.15) is 36.6 Å². The van der Waals surface area contributed by atoms with Gasteiger partial charge in [-0.3, -0.25) is 4.79 Å². The van der Waals surface area contributed by atoms with E-state index in [1.165, 1.54) is 250 Å². The van der Waals surface area contributed by atoms with Crippen molar-refractivity contribution in [2.45, 2.75) is 396 Å². The summed E-state index contributed by atoms with van der Waals surface area (Å²) < 4.78 is 11.2. The molecular formula is C73H137NO10. The third kappa shape index (κ3) is 48.1. The molecule has 0 aromatic rings. The van der Waals surface area contributed by atoms with Crippen LogP contribution in [0.1, 0.15) is 341 Å². The average Bonchev–Trinajstić information content (AvgIpc) is 3.66. The monoisotopic (exact) mass is 1190 g/mol. The molecular weight excluding hydrogens is 1050 g/mol. The second-order valence-electron chi connectivity index (χ2n) is 25.3. The Balaban J connectivity index is 2.15. The van der Waals surface area contributed by atoms with Crippen molar-refractivity contribution in [2.24, 2.45) is 0 Å². The van der Waals surface area contributed by atoms with Gasteiger partial charge in [-0.1, -0.05) is 300 Å². The fourth-order valence-electron chi connectivity index (χ4n) is 11.5. The summed E-state index contributed by atoms with van der Waals surface area (Å²) in [5, 5.41) is 76.4. The molecule has 0 spiro atoms. The van der Waals surface area contributed by atoms with Crippen LogP contribution in [0.3, 0.4) is 0 Å². The molecule has 1 fully saturated rings. The second kappa shape index (κ2) is 61.3. The quantitative estimate of drug-likeness (QED) is 0.0215. The summed E-state index contributed by atoms with van der Waals surface area (Å²) >= 11 is 0. The smallest absolute Gasteiger partial charge is 0.249 e. The summed E-state index contributed by atoms with van der Waals surface area (Å²) in [5.74, 6) is -0.709. The van der Waals surface area contributed by atoms with E-state index in [1.54, 1.807) is 0 Å². The van der Waals surface area contributed by atoms with Gasteiger partial charge in [0.15, 0.2) is 6.29 Å². The molecule has 1 saturated heterocycles. The van der Waals surface area contributed by atoms with Gasteiger partial charge in [-0.05, 0) is 89.9 Å². The van der Waals surface area contributed by atoms with Crippen LogP contribution in [0, 0.1) is 0 Å². The van der Waals surface area contributed by atoms with Crippen molar-refractivity contribution >= 4 is 5.91 Å². The van der Waals surface area contributed by atoms with Crippen LogP contribution in [0.15, 0.2) is 48.6 Å². The Morgan fingerprint density at radius 3 is 1.06 bits per heavy atom. The lowest BCUT2D eigenvalue weighted by Gasteiger charge is -2.40. The summed E-state index contributed by atoms with van der Waals surface area (Å²) in [6, 6.07) is -1.20. The van der Waals surface area contributed by atoms with Crippen LogP contribution in [0.25, 0.3) is 0 Å². The highest BCUT2D eigenvalue weighted by Crippen LogP contribution is 2.24. The maximum absolute atomic E-state index is 13.2. The maximum Gasteiger partial charge on any atom is 0.249 e. The van der Waals surface area contributed by atoms with Crippen molar-refractivity contribution in [3.63, 3.8) is 0 Å². The number of carbonyl (C=O) groups excluding carboxylic acids is 1. The number of hydrogen-bond acceptors (Lipinski definition) is 10. The number of rotatable bonds is 63. The van der Waals surface area contributed by atoms with Gasteiger partial charge in [-0.15, -0.1) is 0 Å². The van der Waals surface area contributed by atoms with Crippen LogP contribution in [0.5, 0.6) is 0 Å². The lowest BCUT2D eigenvalue weighted by atomic mass is 9.98. The summed E-state index contributed by atoms with van der Waals surface area (Å²) in [5.41, 5.74) is 0. The number of allylic oxidation sites excluding steroid dienone is 8. The minimum Gasteiger partial charge on any atom is -0.394 e. The van der Waals surface area contributed by atoms with Gasteiger partial charge in [0.05, 0.1) is 25.4 Å². The van der Waals surface area contributed by atoms with Crippen molar-refractivity contribution in [2.75, 3.05) is 13.2 Å². The van der Waals surface area contributed by atoms with E-state index in [2.05, 4.69) is 67.8 Å². The summed E-state index contributed by atoms with van der Waals surface area (Å²) in [7, 11) is 0. The number of nitrogens with one attached hydrogen (secondary N) is 1. The molecule has 0 aromatic carbocycles. The van der Waals surface area contributed by atoms with E-state index in [4.69, 9.17) is 9.47 Å². The SMILES string of the molecule is CCCCCCCC/C=C/CC/C=C/CC/C=C/CCCC(O)C(O)C(COC1OC(CO)C(O)C(O)C1O)NC(=O)C(O)CCCCCCCCCCCCCCCCCC/C=C\CCCCCCCCCCCCCCCCCCCC. The van der Waals surface area contributed by atoms with Gasteiger partial charge >= 0.3 is 0 Å². The molecule has 0 aliphatic carbocycles.